The van der Waals surface area contributed by atoms with E-state index in [0.29, 0.717) is 0 Å². The van der Waals surface area contributed by atoms with Crippen LogP contribution in [0.3, 0.4) is 0 Å². The molecule has 0 bridgehead atoms. The van der Waals surface area contributed by atoms with Crippen molar-refractivity contribution in [3.63, 3.8) is 0 Å². The highest BCUT2D eigenvalue weighted by Gasteiger charge is 1.81. The summed E-state index contributed by atoms with van der Waals surface area (Å²) in [5.41, 5.74) is -0.0463. The Kier molecular flexibility index (Phi) is 10.9. The van der Waals surface area contributed by atoms with Gasteiger partial charge in [0.1, 0.15) is 29.2 Å². The van der Waals surface area contributed by atoms with Crippen LogP contribution in [-0.2, 0) is 0 Å². The Hall–Kier alpha value is -3.24. The van der Waals surface area contributed by atoms with E-state index in [-0.39, 0.29) is 5.57 Å². The lowest BCUT2D eigenvalue weighted by Gasteiger charge is -1.93. The number of benzene rings is 2. The Morgan fingerprint density at radius 2 is 1.09 bits per heavy atom. The molecular weight excluding hydrogens is 276 g/mol. The molecule has 0 heterocycles. The number of nitriles is 2. The van der Waals surface area contributed by atoms with Gasteiger partial charge in [0.15, 0.2) is 0 Å². The van der Waals surface area contributed by atoms with Crippen LogP contribution in [0, 0.1) is 22.7 Å². The van der Waals surface area contributed by atoms with E-state index in [1.807, 2.05) is 60.7 Å². The summed E-state index contributed by atoms with van der Waals surface area (Å²) in [6, 6.07) is 22.5. The van der Waals surface area contributed by atoms with Gasteiger partial charge in [-0.15, -0.1) is 0 Å². The second-order valence-electron chi connectivity index (χ2n) is 3.74. The average Bonchev–Trinajstić information content (AvgIpc) is 2.63. The third kappa shape index (κ3) is 9.66. The van der Waals surface area contributed by atoms with Gasteiger partial charge in [0.2, 0.25) is 0 Å². The van der Waals surface area contributed by atoms with Crippen LogP contribution in [0.1, 0.15) is 0 Å². The number of allylic oxidation sites excluding steroid dienone is 1. The first-order valence-corrected chi connectivity index (χ1v) is 6.35. The summed E-state index contributed by atoms with van der Waals surface area (Å²) in [6.07, 6.45) is 0. The molecule has 0 saturated carbocycles. The van der Waals surface area contributed by atoms with Gasteiger partial charge >= 0.3 is 0 Å². The van der Waals surface area contributed by atoms with Crippen molar-refractivity contribution in [3.05, 3.63) is 72.8 Å². The fourth-order valence-corrected chi connectivity index (χ4v) is 1.14. The van der Waals surface area contributed by atoms with Crippen molar-refractivity contribution in [2.45, 2.75) is 0 Å². The normalized spacial score (nSPS) is 7.64. The van der Waals surface area contributed by atoms with E-state index in [1.165, 1.54) is 0 Å². The van der Waals surface area contributed by atoms with Crippen molar-refractivity contribution in [1.29, 1.82) is 10.5 Å². The van der Waals surface area contributed by atoms with Crippen LogP contribution < -0.4 is 9.47 Å². The highest BCUT2D eigenvalue weighted by Crippen LogP contribution is 2.06. The Labute approximate surface area is 131 Å². The van der Waals surface area contributed by atoms with Gasteiger partial charge in [0.25, 0.3) is 0 Å². The number of hydrogen-bond donors (Lipinski definition) is 0. The van der Waals surface area contributed by atoms with Gasteiger partial charge in [-0.1, -0.05) is 43.0 Å². The molecule has 2 aromatic rings. The van der Waals surface area contributed by atoms with Gasteiger partial charge in [0.05, 0.1) is 14.2 Å². The average molecular weight is 294 g/mol. The molecule has 112 valence electrons. The Morgan fingerprint density at radius 3 is 1.23 bits per heavy atom. The quantitative estimate of drug-likeness (QED) is 0.786. The van der Waals surface area contributed by atoms with Crippen LogP contribution in [0.2, 0.25) is 0 Å². The molecule has 2 rings (SSSR count). The second kappa shape index (κ2) is 12.8. The molecule has 0 amide bonds. The molecule has 0 unspecified atom stereocenters. The Bertz CT molecular complexity index is 556. The van der Waals surface area contributed by atoms with Crippen LogP contribution in [0.15, 0.2) is 72.8 Å². The van der Waals surface area contributed by atoms with Crippen molar-refractivity contribution in [3.8, 4) is 23.6 Å². The summed E-state index contributed by atoms with van der Waals surface area (Å²) < 4.78 is 9.83. The summed E-state index contributed by atoms with van der Waals surface area (Å²) in [5, 5.41) is 15.5. The van der Waals surface area contributed by atoms with E-state index < -0.39 is 0 Å². The maximum Gasteiger partial charge on any atom is 0.122 e. The molecule has 0 atom stereocenters. The van der Waals surface area contributed by atoms with Gasteiger partial charge in [-0.05, 0) is 24.3 Å². The first-order chi connectivity index (χ1) is 10.7. The summed E-state index contributed by atoms with van der Waals surface area (Å²) >= 11 is 0. The third-order valence-electron chi connectivity index (χ3n) is 2.23. The molecule has 0 aliphatic rings. The fraction of sp³-hybridized carbons (Fsp3) is 0.111. The van der Waals surface area contributed by atoms with Gasteiger partial charge in [-0.2, -0.15) is 10.5 Å². The van der Waals surface area contributed by atoms with Gasteiger partial charge in [0, 0.05) is 0 Å². The van der Waals surface area contributed by atoms with Crippen LogP contribution in [0.5, 0.6) is 11.5 Å². The molecule has 0 N–H and O–H groups in total. The van der Waals surface area contributed by atoms with E-state index in [4.69, 9.17) is 20.0 Å². The molecule has 0 spiro atoms. The molecule has 0 aromatic heterocycles. The highest BCUT2D eigenvalue weighted by atomic mass is 16.5. The molecule has 2 aromatic carbocycles. The lowest BCUT2D eigenvalue weighted by atomic mass is 10.3. The van der Waals surface area contributed by atoms with Crippen molar-refractivity contribution in [2.24, 2.45) is 0 Å². The maximum absolute atomic E-state index is 7.76. The number of methoxy groups -OCH3 is 2. The predicted molar refractivity (Wildman–Crippen MR) is 86.4 cm³/mol. The molecular formula is C18H18N2O2. The van der Waals surface area contributed by atoms with Crippen molar-refractivity contribution in [1.82, 2.24) is 0 Å². The topological polar surface area (TPSA) is 66.0 Å². The van der Waals surface area contributed by atoms with Gasteiger partial charge in [-0.3, -0.25) is 0 Å². The minimum absolute atomic E-state index is 0.0463. The Balaban J connectivity index is 0.000000306. The first-order valence-electron chi connectivity index (χ1n) is 6.35. The van der Waals surface area contributed by atoms with E-state index in [9.17, 15) is 0 Å². The summed E-state index contributed by atoms with van der Waals surface area (Å²) in [7, 11) is 3.32. The molecule has 0 radical (unpaired) electrons. The lowest BCUT2D eigenvalue weighted by molar-refractivity contribution is 0.414. The summed E-state index contributed by atoms with van der Waals surface area (Å²) in [5.74, 6) is 1.82. The van der Waals surface area contributed by atoms with E-state index in [2.05, 4.69) is 6.58 Å². The van der Waals surface area contributed by atoms with Crippen LogP contribution in [-0.4, -0.2) is 14.2 Å². The molecule has 22 heavy (non-hydrogen) atoms. The number of rotatable bonds is 2. The van der Waals surface area contributed by atoms with E-state index in [0.717, 1.165) is 11.5 Å². The van der Waals surface area contributed by atoms with Gasteiger partial charge < -0.3 is 9.47 Å². The molecule has 0 fully saturated rings. The second-order valence-corrected chi connectivity index (χ2v) is 3.74. The fourth-order valence-electron chi connectivity index (χ4n) is 1.14. The monoisotopic (exact) mass is 294 g/mol. The zero-order valence-electron chi connectivity index (χ0n) is 12.7. The maximum atomic E-state index is 7.76. The van der Waals surface area contributed by atoms with Crippen molar-refractivity contribution in [2.75, 3.05) is 14.2 Å². The van der Waals surface area contributed by atoms with E-state index in [1.54, 1.807) is 26.4 Å². The van der Waals surface area contributed by atoms with Crippen LogP contribution >= 0.6 is 0 Å². The zero-order valence-corrected chi connectivity index (χ0v) is 12.7. The van der Waals surface area contributed by atoms with E-state index >= 15 is 0 Å². The number of ether oxygens (including phenoxy) is 2. The van der Waals surface area contributed by atoms with Crippen molar-refractivity contribution < 1.29 is 9.47 Å². The van der Waals surface area contributed by atoms with Crippen molar-refractivity contribution >= 4 is 0 Å². The van der Waals surface area contributed by atoms with Crippen LogP contribution in [0.4, 0.5) is 0 Å². The summed E-state index contributed by atoms with van der Waals surface area (Å²) in [6.45, 7) is 3.07. The first kappa shape index (κ1) is 18.8. The SMILES string of the molecule is C=C(C#N)C#N.COc1ccccc1.COc1ccccc1. The molecule has 0 aliphatic carbocycles. The number of hydrogen-bond acceptors (Lipinski definition) is 4. The largest absolute Gasteiger partial charge is 0.497 e. The third-order valence-corrected chi connectivity index (χ3v) is 2.23. The Morgan fingerprint density at radius 1 is 0.773 bits per heavy atom. The molecule has 4 nitrogen and oxygen atoms in total. The number of nitrogens with zero attached hydrogens (tertiary/aromatic N) is 2. The molecule has 4 heteroatoms. The van der Waals surface area contributed by atoms with Crippen LogP contribution in [0.25, 0.3) is 0 Å². The minimum atomic E-state index is -0.0463. The molecule has 0 saturated heterocycles. The predicted octanol–water partition coefficient (Wildman–Crippen LogP) is 3.98. The number of para-hydroxylation sites is 2. The molecule has 0 aliphatic heterocycles. The highest BCUT2D eigenvalue weighted by molar-refractivity contribution is 5.31. The summed E-state index contributed by atoms with van der Waals surface area (Å²) in [4.78, 5) is 0. The lowest BCUT2D eigenvalue weighted by Crippen LogP contribution is -1.78. The standard InChI is InChI=1S/2C7H8O.C4H2N2/c2*1-8-7-5-3-2-4-6-7;1-4(2-5)3-6/h2*2-6H,1H3;1H2. The smallest absolute Gasteiger partial charge is 0.122 e. The zero-order chi connectivity index (χ0) is 16.6. The van der Waals surface area contributed by atoms with Gasteiger partial charge in [-0.25, -0.2) is 0 Å². The minimum Gasteiger partial charge on any atom is -0.497 e.